The Balaban J connectivity index is 2.17. The number of rotatable bonds is 1. The Morgan fingerprint density at radius 3 is 2.79 bits per heavy atom. The molecule has 1 aromatic carbocycles. The molecule has 1 atom stereocenters. The van der Waals surface area contributed by atoms with Crippen LogP contribution in [0.5, 0.6) is 0 Å². The maximum absolute atomic E-state index is 13.0. The first kappa shape index (κ1) is 9.66. The molecule has 0 saturated carbocycles. The second kappa shape index (κ2) is 3.35. The van der Waals surface area contributed by atoms with Gasteiger partial charge in [-0.15, -0.1) is 0 Å². The molecule has 0 bridgehead atoms. The molecule has 1 fully saturated rings. The third-order valence-electron chi connectivity index (χ3n) is 2.83. The molecule has 1 aromatic rings. The fourth-order valence-electron chi connectivity index (χ4n) is 2.06. The van der Waals surface area contributed by atoms with Crippen LogP contribution in [-0.4, -0.2) is 6.54 Å². The van der Waals surface area contributed by atoms with Gasteiger partial charge in [0.2, 0.25) is 0 Å². The Bertz CT molecular complexity index is 333. The van der Waals surface area contributed by atoms with Crippen LogP contribution in [0.25, 0.3) is 0 Å². The molecule has 14 heavy (non-hydrogen) atoms. The fraction of sp³-hybridized carbons (Fsp3) is 0.500. The van der Waals surface area contributed by atoms with Gasteiger partial charge in [-0.25, -0.2) is 4.39 Å². The Morgan fingerprint density at radius 2 is 2.21 bits per heavy atom. The predicted octanol–water partition coefficient (Wildman–Crippen LogP) is 2.89. The van der Waals surface area contributed by atoms with Gasteiger partial charge in [-0.2, -0.15) is 0 Å². The lowest BCUT2D eigenvalue weighted by Gasteiger charge is -2.15. The molecule has 1 saturated heterocycles. The van der Waals surface area contributed by atoms with Gasteiger partial charge in [0.05, 0.1) is 0 Å². The first-order valence-corrected chi connectivity index (χ1v) is 5.06. The summed E-state index contributed by atoms with van der Waals surface area (Å²) in [6.45, 7) is 5.48. The van der Waals surface area contributed by atoms with Crippen molar-refractivity contribution in [3.05, 3.63) is 35.6 Å². The van der Waals surface area contributed by atoms with Crippen molar-refractivity contribution in [1.82, 2.24) is 5.32 Å². The maximum atomic E-state index is 13.0. The maximum Gasteiger partial charge on any atom is 0.123 e. The van der Waals surface area contributed by atoms with Crippen LogP contribution < -0.4 is 5.32 Å². The standard InChI is InChI=1S/C12H16FN/c1-12(2)7-11(14-8-12)9-4-3-5-10(13)6-9/h3-6,11,14H,7-8H2,1-2H3. The molecule has 0 radical (unpaired) electrons. The van der Waals surface area contributed by atoms with Crippen LogP contribution >= 0.6 is 0 Å². The van der Waals surface area contributed by atoms with Crippen LogP contribution in [0, 0.1) is 11.2 Å². The highest BCUT2D eigenvalue weighted by atomic mass is 19.1. The van der Waals surface area contributed by atoms with E-state index < -0.39 is 0 Å². The molecule has 2 heteroatoms. The SMILES string of the molecule is CC1(C)CNC(c2cccc(F)c2)C1. The summed E-state index contributed by atoms with van der Waals surface area (Å²) in [5.74, 6) is -0.144. The Kier molecular flexibility index (Phi) is 2.31. The molecule has 1 aliphatic rings. The van der Waals surface area contributed by atoms with E-state index in [0.717, 1.165) is 18.5 Å². The topological polar surface area (TPSA) is 12.0 Å². The summed E-state index contributed by atoms with van der Waals surface area (Å²) in [6.07, 6.45) is 1.08. The lowest BCUT2D eigenvalue weighted by molar-refractivity contribution is 0.403. The van der Waals surface area contributed by atoms with Gasteiger partial charge in [0.25, 0.3) is 0 Å². The van der Waals surface area contributed by atoms with E-state index in [4.69, 9.17) is 0 Å². The third-order valence-corrected chi connectivity index (χ3v) is 2.83. The van der Waals surface area contributed by atoms with Gasteiger partial charge in [0.15, 0.2) is 0 Å². The van der Waals surface area contributed by atoms with E-state index in [2.05, 4.69) is 19.2 Å². The number of hydrogen-bond donors (Lipinski definition) is 1. The zero-order valence-electron chi connectivity index (χ0n) is 8.68. The van der Waals surface area contributed by atoms with E-state index in [-0.39, 0.29) is 5.82 Å². The Morgan fingerprint density at radius 1 is 1.43 bits per heavy atom. The van der Waals surface area contributed by atoms with Crippen LogP contribution in [0.2, 0.25) is 0 Å². The minimum absolute atomic E-state index is 0.144. The van der Waals surface area contributed by atoms with Crippen molar-refractivity contribution in [3.8, 4) is 0 Å². The van der Waals surface area contributed by atoms with Gasteiger partial charge in [0, 0.05) is 12.6 Å². The molecule has 1 nitrogen and oxygen atoms in total. The van der Waals surface area contributed by atoms with Crippen molar-refractivity contribution in [2.45, 2.75) is 26.3 Å². The zero-order valence-corrected chi connectivity index (χ0v) is 8.68. The number of nitrogens with one attached hydrogen (secondary N) is 1. The number of benzene rings is 1. The van der Waals surface area contributed by atoms with E-state index in [9.17, 15) is 4.39 Å². The molecular formula is C12H16FN. The predicted molar refractivity (Wildman–Crippen MR) is 55.5 cm³/mol. The summed E-state index contributed by atoms with van der Waals surface area (Å²) >= 11 is 0. The Labute approximate surface area is 84.3 Å². The second-order valence-electron chi connectivity index (χ2n) is 4.86. The molecule has 2 rings (SSSR count). The minimum Gasteiger partial charge on any atom is -0.309 e. The largest absolute Gasteiger partial charge is 0.309 e. The molecule has 0 aromatic heterocycles. The summed E-state index contributed by atoms with van der Waals surface area (Å²) in [4.78, 5) is 0. The zero-order chi connectivity index (χ0) is 10.2. The molecule has 0 amide bonds. The van der Waals surface area contributed by atoms with Crippen molar-refractivity contribution < 1.29 is 4.39 Å². The Hall–Kier alpha value is -0.890. The quantitative estimate of drug-likeness (QED) is 0.723. The van der Waals surface area contributed by atoms with E-state index in [1.54, 1.807) is 12.1 Å². The minimum atomic E-state index is -0.144. The van der Waals surface area contributed by atoms with E-state index in [1.807, 2.05) is 6.07 Å². The highest BCUT2D eigenvalue weighted by Crippen LogP contribution is 2.35. The smallest absolute Gasteiger partial charge is 0.123 e. The number of halogens is 1. The van der Waals surface area contributed by atoms with E-state index >= 15 is 0 Å². The summed E-state index contributed by atoms with van der Waals surface area (Å²) < 4.78 is 13.0. The van der Waals surface area contributed by atoms with Crippen LogP contribution in [0.3, 0.4) is 0 Å². The van der Waals surface area contributed by atoms with Gasteiger partial charge in [-0.05, 0) is 29.5 Å². The molecule has 1 aliphatic heterocycles. The lowest BCUT2D eigenvalue weighted by Crippen LogP contribution is -2.16. The monoisotopic (exact) mass is 193 g/mol. The summed E-state index contributed by atoms with van der Waals surface area (Å²) in [7, 11) is 0. The molecule has 1 unspecified atom stereocenters. The summed E-state index contributed by atoms with van der Waals surface area (Å²) in [6, 6.07) is 7.20. The highest BCUT2D eigenvalue weighted by Gasteiger charge is 2.31. The van der Waals surface area contributed by atoms with E-state index in [0.29, 0.717) is 11.5 Å². The van der Waals surface area contributed by atoms with Gasteiger partial charge in [0.1, 0.15) is 5.82 Å². The second-order valence-corrected chi connectivity index (χ2v) is 4.86. The van der Waals surface area contributed by atoms with Crippen LogP contribution in [0.1, 0.15) is 31.9 Å². The normalized spacial score (nSPS) is 25.2. The third kappa shape index (κ3) is 1.95. The van der Waals surface area contributed by atoms with Gasteiger partial charge in [-0.3, -0.25) is 0 Å². The summed E-state index contributed by atoms with van der Waals surface area (Å²) in [5.41, 5.74) is 1.40. The molecule has 0 spiro atoms. The van der Waals surface area contributed by atoms with Gasteiger partial charge < -0.3 is 5.32 Å². The average Bonchev–Trinajstić information content (AvgIpc) is 2.46. The summed E-state index contributed by atoms with van der Waals surface area (Å²) in [5, 5.41) is 3.42. The van der Waals surface area contributed by atoms with Crippen molar-refractivity contribution in [2.75, 3.05) is 6.54 Å². The van der Waals surface area contributed by atoms with Crippen molar-refractivity contribution in [2.24, 2.45) is 5.41 Å². The fourth-order valence-corrected chi connectivity index (χ4v) is 2.06. The van der Waals surface area contributed by atoms with Crippen molar-refractivity contribution >= 4 is 0 Å². The number of hydrogen-bond acceptors (Lipinski definition) is 1. The highest BCUT2D eigenvalue weighted by molar-refractivity contribution is 5.21. The van der Waals surface area contributed by atoms with Crippen molar-refractivity contribution in [3.63, 3.8) is 0 Å². The first-order chi connectivity index (χ1) is 6.57. The lowest BCUT2D eigenvalue weighted by atomic mass is 9.89. The van der Waals surface area contributed by atoms with Gasteiger partial charge in [-0.1, -0.05) is 26.0 Å². The molecule has 1 heterocycles. The van der Waals surface area contributed by atoms with E-state index in [1.165, 1.54) is 6.07 Å². The van der Waals surface area contributed by atoms with Crippen LogP contribution in [0.15, 0.2) is 24.3 Å². The van der Waals surface area contributed by atoms with Crippen molar-refractivity contribution in [1.29, 1.82) is 0 Å². The first-order valence-electron chi connectivity index (χ1n) is 5.06. The van der Waals surface area contributed by atoms with Gasteiger partial charge >= 0.3 is 0 Å². The molecular weight excluding hydrogens is 177 g/mol. The van der Waals surface area contributed by atoms with Crippen LogP contribution in [-0.2, 0) is 0 Å². The average molecular weight is 193 g/mol. The van der Waals surface area contributed by atoms with Crippen LogP contribution in [0.4, 0.5) is 4.39 Å². The molecule has 1 N–H and O–H groups in total. The molecule has 0 aliphatic carbocycles. The molecule has 76 valence electrons.